The number of fused-ring (bicyclic) bond motifs is 1. The van der Waals surface area contributed by atoms with Crippen molar-refractivity contribution >= 4 is 17.2 Å². The summed E-state index contributed by atoms with van der Waals surface area (Å²) in [6, 6.07) is 9.76. The molecular weight excluding hydrogens is 341 g/mol. The number of aryl methyl sites for hydroxylation is 1. The minimum absolute atomic E-state index is 0.0913. The number of rotatable bonds is 3. The van der Waals surface area contributed by atoms with E-state index in [4.69, 9.17) is 9.47 Å². The Balaban J connectivity index is 2.30. The maximum atomic E-state index is 14.0. The third kappa shape index (κ3) is 3.21. The lowest BCUT2D eigenvalue weighted by molar-refractivity contribution is -0.0685. The lowest BCUT2D eigenvalue weighted by atomic mass is 9.91. The summed E-state index contributed by atoms with van der Waals surface area (Å²) < 4.78 is 53.3. The molecule has 2 aromatic carbocycles. The molecule has 0 saturated heterocycles. The van der Waals surface area contributed by atoms with E-state index >= 15 is 0 Å². The second-order valence-corrected chi connectivity index (χ2v) is 6.07. The summed E-state index contributed by atoms with van der Waals surface area (Å²) >= 11 is 0. The fourth-order valence-corrected chi connectivity index (χ4v) is 3.17. The lowest BCUT2D eigenvalue weighted by Gasteiger charge is -2.25. The van der Waals surface area contributed by atoms with Crippen molar-refractivity contribution in [2.75, 3.05) is 13.2 Å². The summed E-state index contributed by atoms with van der Waals surface area (Å²) in [7, 11) is 0. The molecule has 0 unspecified atom stereocenters. The Hall–Kier alpha value is -2.69. The summed E-state index contributed by atoms with van der Waals surface area (Å²) in [6.07, 6.45) is -3.10. The molecule has 3 rings (SSSR count). The third-order valence-corrected chi connectivity index (χ3v) is 4.40. The summed E-state index contributed by atoms with van der Waals surface area (Å²) in [5, 5.41) is 0. The fraction of sp³-hybridized carbons (Fsp3) is 0.238. The van der Waals surface area contributed by atoms with Gasteiger partial charge in [-0.15, -0.1) is 0 Å². The Bertz CT molecular complexity index is 879. The molecule has 1 aliphatic rings. The molecule has 1 aliphatic heterocycles. The van der Waals surface area contributed by atoms with Gasteiger partial charge in [0.2, 0.25) is 0 Å². The van der Waals surface area contributed by atoms with Crippen molar-refractivity contribution in [1.29, 1.82) is 0 Å². The molecule has 0 spiro atoms. The highest BCUT2D eigenvalue weighted by Gasteiger charge is 2.38. The van der Waals surface area contributed by atoms with E-state index in [0.29, 0.717) is 35.8 Å². The van der Waals surface area contributed by atoms with Crippen LogP contribution in [0.4, 0.5) is 13.2 Å². The molecule has 0 saturated carbocycles. The topological polar surface area (TPSA) is 18.5 Å². The lowest BCUT2D eigenvalue weighted by Crippen LogP contribution is -2.18. The predicted octanol–water partition coefficient (Wildman–Crippen LogP) is 5.90. The first kappa shape index (κ1) is 18.1. The minimum Gasteiger partial charge on any atom is -0.486 e. The highest BCUT2D eigenvalue weighted by Crippen LogP contribution is 2.46. The second-order valence-electron chi connectivity index (χ2n) is 6.07. The predicted molar refractivity (Wildman–Crippen MR) is 97.2 cm³/mol. The second kappa shape index (κ2) is 6.90. The zero-order chi connectivity index (χ0) is 18.9. The summed E-state index contributed by atoms with van der Waals surface area (Å²) in [4.78, 5) is 0. The summed E-state index contributed by atoms with van der Waals surface area (Å²) in [6.45, 7) is 7.63. The Morgan fingerprint density at radius 2 is 1.65 bits per heavy atom. The molecule has 0 aliphatic carbocycles. The van der Waals surface area contributed by atoms with E-state index in [1.54, 1.807) is 30.3 Å². The van der Waals surface area contributed by atoms with Gasteiger partial charge in [-0.3, -0.25) is 0 Å². The summed E-state index contributed by atoms with van der Waals surface area (Å²) in [5.41, 5.74) is 1.13. The van der Waals surface area contributed by atoms with Gasteiger partial charge in [-0.25, -0.2) is 0 Å². The standard InChI is InChI=1S/C21H19F3O2/c1-4-15-7-5-6-8-17(15)18(21(22,23)24)14(3)16-10-9-13(2)19-20(16)26-12-11-25-19/h4-10H,1,11-12H2,2-3H3/b18-14-. The minimum atomic E-state index is -4.53. The molecule has 0 atom stereocenters. The zero-order valence-corrected chi connectivity index (χ0v) is 14.6. The van der Waals surface area contributed by atoms with Gasteiger partial charge >= 0.3 is 6.18 Å². The van der Waals surface area contributed by atoms with Crippen LogP contribution >= 0.6 is 0 Å². The quantitative estimate of drug-likeness (QED) is 0.634. The number of allylic oxidation sites excluding steroid dienone is 2. The molecule has 0 fully saturated rings. The van der Waals surface area contributed by atoms with Gasteiger partial charge in [-0.2, -0.15) is 13.2 Å². The van der Waals surface area contributed by atoms with E-state index in [1.807, 2.05) is 6.92 Å². The maximum absolute atomic E-state index is 14.0. The Kier molecular flexibility index (Phi) is 4.81. The van der Waals surface area contributed by atoms with Gasteiger partial charge in [-0.05, 0) is 36.1 Å². The number of halogens is 3. The van der Waals surface area contributed by atoms with E-state index in [2.05, 4.69) is 6.58 Å². The molecule has 136 valence electrons. The molecule has 0 amide bonds. The molecule has 2 aromatic rings. The SMILES string of the molecule is C=Cc1ccccc1/C(=C(\C)c1ccc(C)c2c1OCCO2)C(F)(F)F. The van der Waals surface area contributed by atoms with Crippen LogP contribution in [0.5, 0.6) is 11.5 Å². The molecule has 5 heteroatoms. The average Bonchev–Trinajstić information content (AvgIpc) is 2.61. The average molecular weight is 360 g/mol. The van der Waals surface area contributed by atoms with Gasteiger partial charge in [0.15, 0.2) is 11.5 Å². The molecule has 26 heavy (non-hydrogen) atoms. The maximum Gasteiger partial charge on any atom is 0.417 e. The van der Waals surface area contributed by atoms with Gasteiger partial charge in [0.1, 0.15) is 13.2 Å². The highest BCUT2D eigenvalue weighted by molar-refractivity contribution is 5.96. The molecule has 2 nitrogen and oxygen atoms in total. The highest BCUT2D eigenvalue weighted by atomic mass is 19.4. The van der Waals surface area contributed by atoms with Crippen LogP contribution in [0, 0.1) is 6.92 Å². The first-order chi connectivity index (χ1) is 12.3. The molecule has 0 N–H and O–H groups in total. The molecule has 0 bridgehead atoms. The van der Waals surface area contributed by atoms with Crippen molar-refractivity contribution in [2.24, 2.45) is 0 Å². The Morgan fingerprint density at radius 3 is 2.31 bits per heavy atom. The molecule has 0 radical (unpaired) electrons. The Morgan fingerprint density at radius 1 is 1.00 bits per heavy atom. The monoisotopic (exact) mass is 360 g/mol. The number of hydrogen-bond donors (Lipinski definition) is 0. The summed E-state index contributed by atoms with van der Waals surface area (Å²) in [5.74, 6) is 0.873. The van der Waals surface area contributed by atoms with Crippen molar-refractivity contribution < 1.29 is 22.6 Å². The van der Waals surface area contributed by atoms with Crippen LogP contribution in [0.1, 0.15) is 29.2 Å². The number of alkyl halides is 3. The van der Waals surface area contributed by atoms with Gasteiger partial charge < -0.3 is 9.47 Å². The van der Waals surface area contributed by atoms with Gasteiger partial charge in [0, 0.05) is 5.56 Å². The van der Waals surface area contributed by atoms with Crippen LogP contribution in [-0.4, -0.2) is 19.4 Å². The smallest absolute Gasteiger partial charge is 0.417 e. The van der Waals surface area contributed by atoms with Crippen LogP contribution in [0.15, 0.2) is 43.0 Å². The largest absolute Gasteiger partial charge is 0.486 e. The number of hydrogen-bond acceptors (Lipinski definition) is 2. The first-order valence-electron chi connectivity index (χ1n) is 8.24. The fourth-order valence-electron chi connectivity index (χ4n) is 3.17. The van der Waals surface area contributed by atoms with Crippen LogP contribution in [-0.2, 0) is 0 Å². The van der Waals surface area contributed by atoms with Crippen LogP contribution in [0.25, 0.3) is 17.2 Å². The van der Waals surface area contributed by atoms with Gasteiger partial charge in [0.05, 0.1) is 5.57 Å². The van der Waals surface area contributed by atoms with Crippen molar-refractivity contribution in [3.05, 3.63) is 65.2 Å². The molecular formula is C21H19F3O2. The van der Waals surface area contributed by atoms with Crippen LogP contribution in [0.2, 0.25) is 0 Å². The van der Waals surface area contributed by atoms with Crippen molar-refractivity contribution in [2.45, 2.75) is 20.0 Å². The van der Waals surface area contributed by atoms with Crippen molar-refractivity contribution in [1.82, 2.24) is 0 Å². The van der Waals surface area contributed by atoms with Crippen molar-refractivity contribution in [3.8, 4) is 11.5 Å². The van der Waals surface area contributed by atoms with Crippen LogP contribution < -0.4 is 9.47 Å². The van der Waals surface area contributed by atoms with Gasteiger partial charge in [0.25, 0.3) is 0 Å². The van der Waals surface area contributed by atoms with Crippen LogP contribution in [0.3, 0.4) is 0 Å². The van der Waals surface area contributed by atoms with Gasteiger partial charge in [-0.1, -0.05) is 49.1 Å². The van der Waals surface area contributed by atoms with E-state index in [0.717, 1.165) is 5.56 Å². The molecule has 0 aromatic heterocycles. The zero-order valence-electron chi connectivity index (χ0n) is 14.6. The van der Waals surface area contributed by atoms with E-state index in [9.17, 15) is 13.2 Å². The van der Waals surface area contributed by atoms with E-state index in [1.165, 1.54) is 19.1 Å². The number of ether oxygens (including phenoxy) is 2. The third-order valence-electron chi connectivity index (χ3n) is 4.40. The Labute approximate surface area is 150 Å². The normalized spacial score (nSPS) is 14.7. The van der Waals surface area contributed by atoms with E-state index < -0.39 is 11.7 Å². The molecule has 1 heterocycles. The number of benzene rings is 2. The first-order valence-corrected chi connectivity index (χ1v) is 8.24. The van der Waals surface area contributed by atoms with E-state index in [-0.39, 0.29) is 11.1 Å². The van der Waals surface area contributed by atoms with Crippen molar-refractivity contribution in [3.63, 3.8) is 0 Å².